The Bertz CT molecular complexity index is 430. The maximum atomic E-state index is 13.9. The van der Waals surface area contributed by atoms with Gasteiger partial charge in [0.2, 0.25) is 0 Å². The van der Waals surface area contributed by atoms with Crippen LogP contribution < -0.4 is 5.73 Å². The molecule has 18 heavy (non-hydrogen) atoms. The van der Waals surface area contributed by atoms with Gasteiger partial charge < -0.3 is 5.73 Å². The highest BCUT2D eigenvalue weighted by Gasteiger charge is 2.18. The van der Waals surface area contributed by atoms with Crippen LogP contribution in [0.5, 0.6) is 0 Å². The largest absolute Gasteiger partial charge is 0.326 e. The van der Waals surface area contributed by atoms with Crippen molar-refractivity contribution in [3.8, 4) is 0 Å². The Labute approximate surface area is 110 Å². The maximum absolute atomic E-state index is 13.9. The molecule has 0 aromatic heterocycles. The van der Waals surface area contributed by atoms with E-state index in [2.05, 4.69) is 0 Å². The molecule has 1 atom stereocenters. The molecule has 0 bridgehead atoms. The lowest BCUT2D eigenvalue weighted by Crippen LogP contribution is -2.11. The summed E-state index contributed by atoms with van der Waals surface area (Å²) in [6, 6.07) is 5.17. The predicted molar refractivity (Wildman–Crippen MR) is 73.0 cm³/mol. The van der Waals surface area contributed by atoms with Crippen molar-refractivity contribution in [3.63, 3.8) is 0 Å². The van der Waals surface area contributed by atoms with Crippen LogP contribution in [-0.2, 0) is 23.1 Å². The number of hydrogen-bond acceptors (Lipinski definition) is 2. The van der Waals surface area contributed by atoms with E-state index < -0.39 is 10.8 Å². The van der Waals surface area contributed by atoms with Crippen LogP contribution in [0.2, 0.25) is 0 Å². The Kier molecular flexibility index (Phi) is 4.89. The summed E-state index contributed by atoms with van der Waals surface area (Å²) in [7, 11) is -0.962. The van der Waals surface area contributed by atoms with Gasteiger partial charge in [0.1, 0.15) is 5.82 Å². The lowest BCUT2D eigenvalue weighted by atomic mass is 10.1. The second-order valence-electron chi connectivity index (χ2n) is 5.00. The third-order valence-corrected chi connectivity index (χ3v) is 5.07. The van der Waals surface area contributed by atoms with Crippen molar-refractivity contribution < 1.29 is 8.60 Å². The van der Waals surface area contributed by atoms with Gasteiger partial charge in [-0.2, -0.15) is 0 Å². The van der Waals surface area contributed by atoms with E-state index >= 15 is 0 Å². The van der Waals surface area contributed by atoms with Gasteiger partial charge in [0.15, 0.2) is 0 Å². The van der Waals surface area contributed by atoms with Crippen LogP contribution >= 0.6 is 0 Å². The molecule has 0 radical (unpaired) electrons. The number of benzene rings is 1. The number of rotatable bonds is 5. The van der Waals surface area contributed by atoms with Gasteiger partial charge in [-0.25, -0.2) is 4.39 Å². The number of nitrogens with two attached hydrogens (primary N) is 1. The van der Waals surface area contributed by atoms with Crippen molar-refractivity contribution in [2.45, 2.75) is 38.0 Å². The molecule has 1 fully saturated rings. The minimum atomic E-state index is -0.962. The van der Waals surface area contributed by atoms with Gasteiger partial charge in [0, 0.05) is 34.2 Å². The zero-order valence-corrected chi connectivity index (χ0v) is 11.3. The topological polar surface area (TPSA) is 43.1 Å². The van der Waals surface area contributed by atoms with Gasteiger partial charge in [0.05, 0.1) is 5.75 Å². The Balaban J connectivity index is 1.98. The molecule has 0 amide bonds. The normalized spacial score (nSPS) is 18.1. The summed E-state index contributed by atoms with van der Waals surface area (Å²) in [4.78, 5) is 0. The molecule has 2 nitrogen and oxygen atoms in total. The molecule has 0 saturated heterocycles. The van der Waals surface area contributed by atoms with E-state index in [0.29, 0.717) is 28.6 Å². The molecule has 0 spiro atoms. The quantitative estimate of drug-likeness (QED) is 0.893. The Morgan fingerprint density at radius 1 is 1.28 bits per heavy atom. The molecule has 2 N–H and O–H groups in total. The average Bonchev–Trinajstić information content (AvgIpc) is 2.84. The first-order valence-corrected chi connectivity index (χ1v) is 8.01. The summed E-state index contributed by atoms with van der Waals surface area (Å²) < 4.78 is 26.0. The number of hydrogen-bond donors (Lipinski definition) is 1. The van der Waals surface area contributed by atoms with E-state index in [4.69, 9.17) is 5.73 Å². The van der Waals surface area contributed by atoms with Crippen LogP contribution in [0.25, 0.3) is 0 Å². The minimum absolute atomic E-state index is 0.189. The highest BCUT2D eigenvalue weighted by atomic mass is 32.2. The molecule has 1 aromatic rings. The predicted octanol–water partition coefficient (Wildman–Crippen LogP) is 2.72. The van der Waals surface area contributed by atoms with Crippen LogP contribution in [0.4, 0.5) is 4.39 Å². The number of halogens is 1. The molecule has 1 aliphatic carbocycles. The molecule has 4 heteroatoms. The lowest BCUT2D eigenvalue weighted by molar-refractivity contribution is 0.592. The van der Waals surface area contributed by atoms with E-state index in [9.17, 15) is 8.60 Å². The van der Waals surface area contributed by atoms with Crippen molar-refractivity contribution in [2.24, 2.45) is 11.7 Å². The van der Waals surface area contributed by atoms with E-state index in [1.165, 1.54) is 25.7 Å². The molecule has 1 aromatic carbocycles. The molecular formula is C14H20FNOS. The van der Waals surface area contributed by atoms with Gasteiger partial charge in [-0.05, 0) is 18.8 Å². The van der Waals surface area contributed by atoms with E-state index in [0.717, 1.165) is 0 Å². The van der Waals surface area contributed by atoms with Gasteiger partial charge in [-0.15, -0.1) is 0 Å². The summed E-state index contributed by atoms with van der Waals surface area (Å²) in [5.74, 6) is 1.33. The first kappa shape index (κ1) is 13.7. The molecule has 0 heterocycles. The monoisotopic (exact) mass is 269 g/mol. The molecule has 1 saturated carbocycles. The highest BCUT2D eigenvalue weighted by molar-refractivity contribution is 7.84. The SMILES string of the molecule is NCc1cccc(CS(=O)CC2CCCC2)c1F. The van der Waals surface area contributed by atoms with E-state index in [1.807, 2.05) is 0 Å². The fourth-order valence-electron chi connectivity index (χ4n) is 2.57. The molecule has 1 aliphatic rings. The van der Waals surface area contributed by atoms with E-state index in [-0.39, 0.29) is 12.4 Å². The Morgan fingerprint density at radius 2 is 1.94 bits per heavy atom. The third kappa shape index (κ3) is 3.39. The Morgan fingerprint density at radius 3 is 2.61 bits per heavy atom. The van der Waals surface area contributed by atoms with Crippen molar-refractivity contribution in [2.75, 3.05) is 5.75 Å². The van der Waals surface area contributed by atoms with Crippen LogP contribution in [0.15, 0.2) is 18.2 Å². The fraction of sp³-hybridized carbons (Fsp3) is 0.571. The highest BCUT2D eigenvalue weighted by Crippen LogP contribution is 2.26. The standard InChI is InChI=1S/C14H20FNOS/c15-14-12(8-16)6-3-7-13(14)10-18(17)9-11-4-1-2-5-11/h3,6-7,11H,1-2,4-5,8-10,16H2. The van der Waals surface area contributed by atoms with Crippen LogP contribution in [-0.4, -0.2) is 9.96 Å². The summed E-state index contributed by atoms with van der Waals surface area (Å²) in [6.45, 7) is 0.189. The smallest absolute Gasteiger partial charge is 0.131 e. The van der Waals surface area contributed by atoms with Crippen molar-refractivity contribution >= 4 is 10.8 Å². The average molecular weight is 269 g/mol. The second-order valence-corrected chi connectivity index (χ2v) is 6.50. The molecule has 1 unspecified atom stereocenters. The zero-order valence-electron chi connectivity index (χ0n) is 10.5. The summed E-state index contributed by atoms with van der Waals surface area (Å²) in [5.41, 5.74) is 6.51. The summed E-state index contributed by atoms with van der Waals surface area (Å²) in [6.07, 6.45) is 4.85. The first-order valence-electron chi connectivity index (χ1n) is 6.52. The molecule has 100 valence electrons. The van der Waals surface area contributed by atoms with Crippen molar-refractivity contribution in [1.29, 1.82) is 0 Å². The first-order chi connectivity index (χ1) is 8.70. The third-order valence-electron chi connectivity index (χ3n) is 3.59. The molecular weight excluding hydrogens is 249 g/mol. The van der Waals surface area contributed by atoms with E-state index in [1.54, 1.807) is 18.2 Å². The van der Waals surface area contributed by atoms with Gasteiger partial charge in [0.25, 0.3) is 0 Å². The van der Waals surface area contributed by atoms with Crippen LogP contribution in [0.3, 0.4) is 0 Å². The summed E-state index contributed by atoms with van der Waals surface area (Å²) >= 11 is 0. The fourth-order valence-corrected chi connectivity index (χ4v) is 4.12. The summed E-state index contributed by atoms with van der Waals surface area (Å²) in [5, 5.41) is 0. The van der Waals surface area contributed by atoms with Crippen molar-refractivity contribution in [3.05, 3.63) is 35.1 Å². The van der Waals surface area contributed by atoms with Gasteiger partial charge in [-0.3, -0.25) is 4.21 Å². The minimum Gasteiger partial charge on any atom is -0.326 e. The van der Waals surface area contributed by atoms with Crippen LogP contribution in [0.1, 0.15) is 36.8 Å². The second kappa shape index (κ2) is 6.43. The maximum Gasteiger partial charge on any atom is 0.131 e. The van der Waals surface area contributed by atoms with Gasteiger partial charge in [-0.1, -0.05) is 31.0 Å². The van der Waals surface area contributed by atoms with Crippen molar-refractivity contribution in [1.82, 2.24) is 0 Å². The van der Waals surface area contributed by atoms with Gasteiger partial charge >= 0.3 is 0 Å². The zero-order chi connectivity index (χ0) is 13.0. The molecule has 2 rings (SSSR count). The lowest BCUT2D eigenvalue weighted by Gasteiger charge is -2.10. The molecule has 0 aliphatic heterocycles. The van der Waals surface area contributed by atoms with Crippen LogP contribution in [0, 0.1) is 11.7 Å². The Hall–Kier alpha value is -0.740.